The fourth-order valence-corrected chi connectivity index (χ4v) is 4.97. The normalized spacial score (nSPS) is 24.6. The molecule has 1 aromatic rings. The Morgan fingerprint density at radius 3 is 2.14 bits per heavy atom. The van der Waals surface area contributed by atoms with Crippen LogP contribution in [0, 0.1) is 29.3 Å². The van der Waals surface area contributed by atoms with Crippen LogP contribution in [0.3, 0.4) is 0 Å². The first-order chi connectivity index (χ1) is 14.1. The molecule has 3 heteroatoms. The molecule has 160 valence electrons. The molecule has 0 amide bonds. The Balaban J connectivity index is 1.42. The lowest BCUT2D eigenvalue weighted by Crippen LogP contribution is -2.17. The largest absolute Gasteiger partial charge is 0.204 e. The summed E-state index contributed by atoms with van der Waals surface area (Å²) in [6.45, 7) is 2.26. The molecule has 0 spiro atoms. The summed E-state index contributed by atoms with van der Waals surface area (Å²) < 4.78 is 40.2. The first-order valence-electron chi connectivity index (χ1n) is 11.6. The summed E-state index contributed by atoms with van der Waals surface area (Å²) >= 11 is 0. The fraction of sp³-hybridized carbons (Fsp3) is 0.615. The van der Waals surface area contributed by atoms with Gasteiger partial charge in [-0.3, -0.25) is 0 Å². The van der Waals surface area contributed by atoms with Gasteiger partial charge in [-0.25, -0.2) is 13.2 Å². The summed E-state index contributed by atoms with van der Waals surface area (Å²) in [5.41, 5.74) is 1.89. The van der Waals surface area contributed by atoms with E-state index < -0.39 is 17.5 Å². The quantitative estimate of drug-likeness (QED) is 0.285. The molecule has 1 atom stereocenters. The van der Waals surface area contributed by atoms with Gasteiger partial charge in [0, 0.05) is 5.92 Å². The summed E-state index contributed by atoms with van der Waals surface area (Å²) in [5.74, 6) is -2.16. The summed E-state index contributed by atoms with van der Waals surface area (Å²) in [5, 5.41) is 0. The van der Waals surface area contributed by atoms with E-state index in [4.69, 9.17) is 0 Å². The molecule has 0 aliphatic heterocycles. The van der Waals surface area contributed by atoms with Crippen LogP contribution in [0.4, 0.5) is 13.2 Å². The second-order valence-corrected chi connectivity index (χ2v) is 8.98. The smallest absolute Gasteiger partial charge is 0.194 e. The van der Waals surface area contributed by atoms with Crippen LogP contribution in [-0.2, 0) is 0 Å². The monoisotopic (exact) mass is 404 g/mol. The van der Waals surface area contributed by atoms with Crippen LogP contribution in [0.5, 0.6) is 0 Å². The number of benzene rings is 1. The van der Waals surface area contributed by atoms with E-state index in [1.807, 2.05) is 6.08 Å². The van der Waals surface area contributed by atoms with E-state index >= 15 is 0 Å². The zero-order valence-electron chi connectivity index (χ0n) is 17.7. The van der Waals surface area contributed by atoms with Gasteiger partial charge in [-0.05, 0) is 67.2 Å². The topological polar surface area (TPSA) is 0 Å². The lowest BCUT2D eigenvalue weighted by Gasteiger charge is -2.31. The summed E-state index contributed by atoms with van der Waals surface area (Å²) in [6, 6.07) is 2.25. The van der Waals surface area contributed by atoms with Crippen molar-refractivity contribution in [2.24, 2.45) is 11.8 Å². The van der Waals surface area contributed by atoms with Gasteiger partial charge in [0.2, 0.25) is 0 Å². The van der Waals surface area contributed by atoms with Crippen LogP contribution in [0.2, 0.25) is 0 Å². The standard InChI is InChI=1S/C26H35F3/c1-2-3-4-5-6-7-8-19-9-11-20(12-10-19)21-13-15-22(16-14-21)23-17-24(27)26(29)25(28)18-23/h13-15,17-20,22H,2-12,16H2,1H3/t19-,20-,22?. The van der Waals surface area contributed by atoms with Crippen molar-refractivity contribution >= 4 is 0 Å². The van der Waals surface area contributed by atoms with E-state index in [0.717, 1.165) is 24.5 Å². The Morgan fingerprint density at radius 2 is 1.52 bits per heavy atom. The Morgan fingerprint density at radius 1 is 0.862 bits per heavy atom. The molecule has 1 unspecified atom stereocenters. The molecule has 0 radical (unpaired) electrons. The van der Waals surface area contributed by atoms with Gasteiger partial charge < -0.3 is 0 Å². The molecule has 0 bridgehead atoms. The molecule has 0 saturated heterocycles. The van der Waals surface area contributed by atoms with Gasteiger partial charge in [-0.2, -0.15) is 0 Å². The van der Waals surface area contributed by atoms with Crippen LogP contribution in [0.25, 0.3) is 0 Å². The first-order valence-corrected chi connectivity index (χ1v) is 11.6. The predicted molar refractivity (Wildman–Crippen MR) is 114 cm³/mol. The van der Waals surface area contributed by atoms with Crippen LogP contribution >= 0.6 is 0 Å². The Kier molecular flexibility index (Phi) is 8.44. The fourth-order valence-electron chi connectivity index (χ4n) is 4.97. The minimum Gasteiger partial charge on any atom is -0.204 e. The Bertz CT molecular complexity index is 688. The lowest BCUT2D eigenvalue weighted by molar-refractivity contribution is 0.282. The molecule has 1 fully saturated rings. The van der Waals surface area contributed by atoms with Crippen molar-refractivity contribution in [1.82, 2.24) is 0 Å². The van der Waals surface area contributed by atoms with E-state index in [-0.39, 0.29) is 5.92 Å². The SMILES string of the molecule is CCCCCCCC[C@H]1CC[C@H](C2=CCC(c3cc(F)c(F)c(F)c3)C=C2)CC1. The Hall–Kier alpha value is -1.51. The van der Waals surface area contributed by atoms with E-state index in [9.17, 15) is 13.2 Å². The molecule has 2 aliphatic carbocycles. The third-order valence-electron chi connectivity index (χ3n) is 6.85. The van der Waals surface area contributed by atoms with Crippen molar-refractivity contribution in [3.05, 3.63) is 58.9 Å². The third-order valence-corrected chi connectivity index (χ3v) is 6.85. The highest BCUT2D eigenvalue weighted by Gasteiger charge is 2.24. The number of allylic oxidation sites excluding steroid dienone is 4. The van der Waals surface area contributed by atoms with Gasteiger partial charge in [-0.1, -0.05) is 70.1 Å². The molecule has 1 saturated carbocycles. The Labute approximate surface area is 174 Å². The molecule has 0 nitrogen and oxygen atoms in total. The highest BCUT2D eigenvalue weighted by molar-refractivity contribution is 5.35. The van der Waals surface area contributed by atoms with Crippen molar-refractivity contribution < 1.29 is 13.2 Å². The zero-order chi connectivity index (χ0) is 20.6. The van der Waals surface area contributed by atoms with Crippen molar-refractivity contribution in [3.63, 3.8) is 0 Å². The molecule has 29 heavy (non-hydrogen) atoms. The maximum absolute atomic E-state index is 13.5. The van der Waals surface area contributed by atoms with E-state index in [1.165, 1.54) is 76.2 Å². The predicted octanol–water partition coefficient (Wildman–Crippen LogP) is 8.63. The highest BCUT2D eigenvalue weighted by Crippen LogP contribution is 2.39. The van der Waals surface area contributed by atoms with Gasteiger partial charge in [0.1, 0.15) is 0 Å². The van der Waals surface area contributed by atoms with E-state index in [1.54, 1.807) is 0 Å². The summed E-state index contributed by atoms with van der Waals surface area (Å²) in [7, 11) is 0. The van der Waals surface area contributed by atoms with Crippen LogP contribution in [0.1, 0.15) is 95.5 Å². The van der Waals surface area contributed by atoms with Crippen molar-refractivity contribution in [2.75, 3.05) is 0 Å². The number of halogens is 3. The minimum absolute atomic E-state index is 0.0765. The van der Waals surface area contributed by atoms with Crippen LogP contribution in [0.15, 0.2) is 35.9 Å². The minimum atomic E-state index is -1.39. The van der Waals surface area contributed by atoms with E-state index in [0.29, 0.717) is 11.5 Å². The molecule has 2 aliphatic rings. The maximum Gasteiger partial charge on any atom is 0.194 e. The zero-order valence-corrected chi connectivity index (χ0v) is 17.7. The lowest BCUT2D eigenvalue weighted by atomic mass is 9.75. The second-order valence-electron chi connectivity index (χ2n) is 8.98. The van der Waals surface area contributed by atoms with Crippen LogP contribution < -0.4 is 0 Å². The van der Waals surface area contributed by atoms with Gasteiger partial charge in [0.15, 0.2) is 17.5 Å². The second kappa shape index (κ2) is 11.0. The average Bonchev–Trinajstić information content (AvgIpc) is 2.75. The number of hydrogen-bond acceptors (Lipinski definition) is 0. The maximum atomic E-state index is 13.5. The van der Waals surface area contributed by atoms with Crippen molar-refractivity contribution in [2.45, 2.75) is 89.9 Å². The van der Waals surface area contributed by atoms with Gasteiger partial charge in [0.05, 0.1) is 0 Å². The van der Waals surface area contributed by atoms with Gasteiger partial charge in [-0.15, -0.1) is 0 Å². The molecule has 1 aromatic carbocycles. The first kappa shape index (κ1) is 22.2. The van der Waals surface area contributed by atoms with Gasteiger partial charge in [0.25, 0.3) is 0 Å². The molecular weight excluding hydrogens is 369 g/mol. The average molecular weight is 405 g/mol. The third kappa shape index (κ3) is 6.23. The highest BCUT2D eigenvalue weighted by atomic mass is 19.2. The molecular formula is C26H35F3. The summed E-state index contributed by atoms with van der Waals surface area (Å²) in [4.78, 5) is 0. The number of hydrogen-bond donors (Lipinski definition) is 0. The molecule has 3 rings (SSSR count). The van der Waals surface area contributed by atoms with Gasteiger partial charge >= 0.3 is 0 Å². The van der Waals surface area contributed by atoms with Crippen molar-refractivity contribution in [1.29, 1.82) is 0 Å². The molecule has 0 aromatic heterocycles. The number of rotatable bonds is 9. The summed E-state index contributed by atoms with van der Waals surface area (Å²) in [6.07, 6.45) is 21.9. The molecule has 0 N–H and O–H groups in total. The van der Waals surface area contributed by atoms with Crippen molar-refractivity contribution in [3.8, 4) is 0 Å². The molecule has 0 heterocycles. The van der Waals surface area contributed by atoms with E-state index in [2.05, 4.69) is 19.1 Å². The number of unbranched alkanes of at least 4 members (excludes halogenated alkanes) is 5. The van der Waals surface area contributed by atoms with Crippen LogP contribution in [-0.4, -0.2) is 0 Å².